The molecule has 0 amide bonds. The molecule has 1 aliphatic rings. The molecule has 0 bridgehead atoms. The van der Waals surface area contributed by atoms with Crippen molar-refractivity contribution >= 4 is 17.3 Å². The third-order valence-electron chi connectivity index (χ3n) is 2.99. The molecule has 14 heavy (non-hydrogen) atoms. The van der Waals surface area contributed by atoms with Gasteiger partial charge >= 0.3 is 0 Å². The van der Waals surface area contributed by atoms with E-state index >= 15 is 0 Å². The van der Waals surface area contributed by atoms with Crippen LogP contribution in [0, 0.1) is 0 Å². The number of hydrogen-bond acceptors (Lipinski definition) is 2. The van der Waals surface area contributed by atoms with Crippen LogP contribution in [0.2, 0.25) is 0 Å². The predicted molar refractivity (Wildman–Crippen MR) is 64.5 cm³/mol. The van der Waals surface area contributed by atoms with Crippen molar-refractivity contribution in [2.45, 2.75) is 37.8 Å². The molecule has 0 aliphatic heterocycles. The van der Waals surface area contributed by atoms with E-state index in [1.54, 1.807) is 0 Å². The molecule has 0 heterocycles. The Morgan fingerprint density at radius 1 is 1.21 bits per heavy atom. The fourth-order valence-corrected chi connectivity index (χ4v) is 2.16. The van der Waals surface area contributed by atoms with E-state index in [-0.39, 0.29) is 0 Å². The molecule has 1 rings (SSSR count). The van der Waals surface area contributed by atoms with Crippen LogP contribution in [-0.2, 0) is 0 Å². The Balaban J connectivity index is 2.25. The molecule has 0 spiro atoms. The van der Waals surface area contributed by atoms with Crippen molar-refractivity contribution in [1.29, 1.82) is 0 Å². The number of rotatable bonds is 2. The van der Waals surface area contributed by atoms with E-state index in [1.165, 1.54) is 25.7 Å². The number of thiocarbonyl (C=S) groups is 1. The largest absolute Gasteiger partial charge is 0.366 e. The molecule has 4 heteroatoms. The first-order valence-electron chi connectivity index (χ1n) is 5.28. The van der Waals surface area contributed by atoms with Crippen molar-refractivity contribution in [3.63, 3.8) is 0 Å². The highest BCUT2D eigenvalue weighted by Gasteiger charge is 2.22. The smallest absolute Gasteiger partial charge is 0.166 e. The van der Waals surface area contributed by atoms with Crippen molar-refractivity contribution in [3.8, 4) is 0 Å². The Bertz CT molecular complexity index is 186. The minimum Gasteiger partial charge on any atom is -0.366 e. The van der Waals surface area contributed by atoms with Crippen molar-refractivity contribution in [1.82, 2.24) is 15.5 Å². The molecule has 2 N–H and O–H groups in total. The van der Waals surface area contributed by atoms with E-state index in [9.17, 15) is 0 Å². The van der Waals surface area contributed by atoms with E-state index in [4.69, 9.17) is 12.2 Å². The molecule has 0 aromatic rings. The Morgan fingerprint density at radius 3 is 2.21 bits per heavy atom. The minimum absolute atomic E-state index is 0.575. The van der Waals surface area contributed by atoms with Gasteiger partial charge in [0.05, 0.1) is 0 Å². The average molecular weight is 215 g/mol. The highest BCUT2D eigenvalue weighted by atomic mass is 32.1. The molecule has 82 valence electrons. The summed E-state index contributed by atoms with van der Waals surface area (Å²) in [6.45, 7) is 0. The van der Waals surface area contributed by atoms with Gasteiger partial charge in [-0.05, 0) is 52.0 Å². The van der Waals surface area contributed by atoms with Gasteiger partial charge in [0.25, 0.3) is 0 Å². The lowest BCUT2D eigenvalue weighted by molar-refractivity contribution is 0.211. The summed E-state index contributed by atoms with van der Waals surface area (Å²) in [7, 11) is 6.19. The SMILES string of the molecule is CNC(=S)NC1CCC(N(C)C)CC1. The van der Waals surface area contributed by atoms with Gasteiger partial charge in [0.2, 0.25) is 0 Å². The van der Waals surface area contributed by atoms with Crippen molar-refractivity contribution in [3.05, 3.63) is 0 Å². The van der Waals surface area contributed by atoms with Gasteiger partial charge in [-0.3, -0.25) is 0 Å². The first-order chi connectivity index (χ1) is 6.63. The van der Waals surface area contributed by atoms with Gasteiger partial charge in [-0.2, -0.15) is 0 Å². The standard InChI is InChI=1S/C10H21N3S/c1-11-10(14)12-8-4-6-9(7-5-8)13(2)3/h8-9H,4-7H2,1-3H3,(H2,11,12,14). The summed E-state index contributed by atoms with van der Waals surface area (Å²) in [5.74, 6) is 0. The van der Waals surface area contributed by atoms with Crippen LogP contribution in [0.5, 0.6) is 0 Å². The molecular weight excluding hydrogens is 194 g/mol. The fourth-order valence-electron chi connectivity index (χ4n) is 1.99. The van der Waals surface area contributed by atoms with Crippen LogP contribution in [-0.4, -0.2) is 43.2 Å². The van der Waals surface area contributed by atoms with Gasteiger partial charge in [-0.15, -0.1) is 0 Å². The predicted octanol–water partition coefficient (Wildman–Crippen LogP) is 0.953. The summed E-state index contributed by atoms with van der Waals surface area (Å²) in [6, 6.07) is 1.34. The Kier molecular flexibility index (Phi) is 4.62. The molecule has 1 saturated carbocycles. The summed E-state index contributed by atoms with van der Waals surface area (Å²) in [6.07, 6.45) is 5.00. The van der Waals surface area contributed by atoms with E-state index < -0.39 is 0 Å². The molecule has 0 atom stereocenters. The number of nitrogens with zero attached hydrogens (tertiary/aromatic N) is 1. The zero-order valence-corrected chi connectivity index (χ0v) is 10.2. The molecule has 0 aromatic heterocycles. The van der Waals surface area contributed by atoms with Gasteiger partial charge in [0.15, 0.2) is 5.11 Å². The summed E-state index contributed by atoms with van der Waals surface area (Å²) in [5, 5.41) is 7.06. The second-order valence-electron chi connectivity index (χ2n) is 4.19. The number of hydrogen-bond donors (Lipinski definition) is 2. The summed E-state index contributed by atoms with van der Waals surface area (Å²) in [5.41, 5.74) is 0. The second-order valence-corrected chi connectivity index (χ2v) is 4.60. The van der Waals surface area contributed by atoms with Crippen LogP contribution in [0.3, 0.4) is 0 Å². The molecular formula is C10H21N3S. The number of nitrogens with one attached hydrogen (secondary N) is 2. The second kappa shape index (κ2) is 5.51. The summed E-state index contributed by atoms with van der Waals surface area (Å²) in [4.78, 5) is 2.33. The molecule has 0 saturated heterocycles. The van der Waals surface area contributed by atoms with Crippen LogP contribution in [0.1, 0.15) is 25.7 Å². The van der Waals surface area contributed by atoms with E-state index in [2.05, 4.69) is 29.6 Å². The lowest BCUT2D eigenvalue weighted by atomic mass is 9.91. The summed E-state index contributed by atoms with van der Waals surface area (Å²) < 4.78 is 0. The van der Waals surface area contributed by atoms with Gasteiger partial charge in [-0.25, -0.2) is 0 Å². The lowest BCUT2D eigenvalue weighted by Crippen LogP contribution is -2.44. The van der Waals surface area contributed by atoms with Crippen LogP contribution in [0.15, 0.2) is 0 Å². The van der Waals surface area contributed by atoms with E-state index in [0.29, 0.717) is 6.04 Å². The fraction of sp³-hybridized carbons (Fsp3) is 0.900. The van der Waals surface area contributed by atoms with Crippen LogP contribution in [0.25, 0.3) is 0 Å². The summed E-state index contributed by atoms with van der Waals surface area (Å²) >= 11 is 5.08. The Labute approximate surface area is 92.2 Å². The quantitative estimate of drug-likeness (QED) is 0.671. The molecule has 0 radical (unpaired) electrons. The lowest BCUT2D eigenvalue weighted by Gasteiger charge is -2.33. The monoisotopic (exact) mass is 215 g/mol. The molecule has 1 fully saturated rings. The van der Waals surface area contributed by atoms with Gasteiger partial charge in [0.1, 0.15) is 0 Å². The van der Waals surface area contributed by atoms with Gasteiger partial charge < -0.3 is 15.5 Å². The minimum atomic E-state index is 0.575. The van der Waals surface area contributed by atoms with E-state index in [1.807, 2.05) is 7.05 Å². The zero-order chi connectivity index (χ0) is 10.6. The molecule has 1 aliphatic carbocycles. The Morgan fingerprint density at radius 2 is 1.79 bits per heavy atom. The van der Waals surface area contributed by atoms with Crippen molar-refractivity contribution in [2.24, 2.45) is 0 Å². The maximum atomic E-state index is 5.08. The zero-order valence-electron chi connectivity index (χ0n) is 9.34. The maximum Gasteiger partial charge on any atom is 0.166 e. The highest BCUT2D eigenvalue weighted by Crippen LogP contribution is 2.21. The first-order valence-corrected chi connectivity index (χ1v) is 5.69. The van der Waals surface area contributed by atoms with E-state index in [0.717, 1.165) is 11.2 Å². The first kappa shape index (κ1) is 11.7. The van der Waals surface area contributed by atoms with Gasteiger partial charge in [-0.1, -0.05) is 0 Å². The Hall–Kier alpha value is -0.350. The molecule has 3 nitrogen and oxygen atoms in total. The maximum absolute atomic E-state index is 5.08. The van der Waals surface area contributed by atoms with Crippen LogP contribution < -0.4 is 10.6 Å². The highest BCUT2D eigenvalue weighted by molar-refractivity contribution is 7.80. The van der Waals surface area contributed by atoms with Crippen LogP contribution in [0.4, 0.5) is 0 Å². The third kappa shape index (κ3) is 3.42. The third-order valence-corrected chi connectivity index (χ3v) is 3.31. The normalized spacial score (nSPS) is 27.4. The molecule has 0 aromatic carbocycles. The van der Waals surface area contributed by atoms with Crippen molar-refractivity contribution in [2.75, 3.05) is 21.1 Å². The average Bonchev–Trinajstić information content (AvgIpc) is 2.18. The van der Waals surface area contributed by atoms with Crippen molar-refractivity contribution < 1.29 is 0 Å². The van der Waals surface area contributed by atoms with Gasteiger partial charge in [0, 0.05) is 19.1 Å². The topological polar surface area (TPSA) is 27.3 Å². The van der Waals surface area contributed by atoms with Crippen LogP contribution >= 0.6 is 12.2 Å². The molecule has 0 unspecified atom stereocenters.